The Labute approximate surface area is 97.8 Å². The molecule has 1 atom stereocenters. The fourth-order valence-corrected chi connectivity index (χ4v) is 2.09. The number of nitrogens with zero attached hydrogens (tertiary/aromatic N) is 2. The highest BCUT2D eigenvalue weighted by Gasteiger charge is 2.17. The van der Waals surface area contributed by atoms with Crippen molar-refractivity contribution in [1.29, 1.82) is 0 Å². The number of aryl methyl sites for hydroxylation is 1. The van der Waals surface area contributed by atoms with Crippen LogP contribution in [0.2, 0.25) is 0 Å². The van der Waals surface area contributed by atoms with E-state index in [0.29, 0.717) is 6.61 Å². The van der Waals surface area contributed by atoms with Gasteiger partial charge in [0.05, 0.1) is 18.8 Å². The van der Waals surface area contributed by atoms with Gasteiger partial charge in [-0.1, -0.05) is 13.8 Å². The zero-order valence-corrected chi connectivity index (χ0v) is 10.8. The van der Waals surface area contributed by atoms with Gasteiger partial charge in [0.2, 0.25) is 0 Å². The third-order valence-electron chi connectivity index (χ3n) is 2.81. The quantitative estimate of drug-likeness (QED) is 0.801. The summed E-state index contributed by atoms with van der Waals surface area (Å²) in [5.41, 5.74) is 9.63. The lowest BCUT2D eigenvalue weighted by Gasteiger charge is -2.09. The molecule has 1 heterocycles. The number of aromatic nitrogens is 2. The Morgan fingerprint density at radius 2 is 2.06 bits per heavy atom. The van der Waals surface area contributed by atoms with Crippen LogP contribution >= 0.6 is 0 Å². The summed E-state index contributed by atoms with van der Waals surface area (Å²) in [6.07, 6.45) is 1.90. The zero-order valence-electron chi connectivity index (χ0n) is 10.8. The summed E-state index contributed by atoms with van der Waals surface area (Å²) in [5.74, 6) is 0. The number of methoxy groups -OCH3 is 1. The topological polar surface area (TPSA) is 53.1 Å². The van der Waals surface area contributed by atoms with Crippen LogP contribution in [0.15, 0.2) is 0 Å². The minimum atomic E-state index is 0.0567. The van der Waals surface area contributed by atoms with Crippen molar-refractivity contribution < 1.29 is 4.74 Å². The maximum absolute atomic E-state index is 6.02. The van der Waals surface area contributed by atoms with Crippen LogP contribution in [0, 0.1) is 0 Å². The third-order valence-corrected chi connectivity index (χ3v) is 2.81. The van der Waals surface area contributed by atoms with Crippen LogP contribution in [-0.2, 0) is 24.1 Å². The van der Waals surface area contributed by atoms with Gasteiger partial charge in [-0.2, -0.15) is 5.10 Å². The lowest BCUT2D eigenvalue weighted by atomic mass is 10.0. The lowest BCUT2D eigenvalue weighted by molar-refractivity contribution is 0.182. The summed E-state index contributed by atoms with van der Waals surface area (Å²) in [6.45, 7) is 7.78. The Kier molecular flexibility index (Phi) is 4.96. The average molecular weight is 225 g/mol. The molecule has 0 aliphatic carbocycles. The maximum Gasteiger partial charge on any atom is 0.0672 e. The van der Waals surface area contributed by atoms with Gasteiger partial charge in [0.25, 0.3) is 0 Å². The van der Waals surface area contributed by atoms with Gasteiger partial charge in [-0.15, -0.1) is 0 Å². The molecule has 0 fully saturated rings. The van der Waals surface area contributed by atoms with Crippen molar-refractivity contribution in [2.45, 2.75) is 46.2 Å². The van der Waals surface area contributed by atoms with E-state index in [-0.39, 0.29) is 6.04 Å². The van der Waals surface area contributed by atoms with Gasteiger partial charge in [-0.3, -0.25) is 4.68 Å². The van der Waals surface area contributed by atoms with E-state index in [1.165, 1.54) is 11.3 Å². The highest BCUT2D eigenvalue weighted by Crippen LogP contribution is 2.21. The van der Waals surface area contributed by atoms with Gasteiger partial charge in [-0.05, 0) is 19.8 Å². The van der Waals surface area contributed by atoms with Crippen molar-refractivity contribution >= 4 is 0 Å². The molecule has 0 amide bonds. The molecule has 4 heteroatoms. The first-order valence-electron chi connectivity index (χ1n) is 5.98. The first-order valence-corrected chi connectivity index (χ1v) is 5.98. The van der Waals surface area contributed by atoms with E-state index in [4.69, 9.17) is 10.5 Å². The van der Waals surface area contributed by atoms with Crippen molar-refractivity contribution in [3.63, 3.8) is 0 Å². The molecular formula is C12H23N3O. The van der Waals surface area contributed by atoms with E-state index < -0.39 is 0 Å². The number of ether oxygens (including phenoxy) is 1. The van der Waals surface area contributed by atoms with Crippen molar-refractivity contribution in [2.75, 3.05) is 13.7 Å². The van der Waals surface area contributed by atoms with E-state index in [1.807, 2.05) is 11.6 Å². The summed E-state index contributed by atoms with van der Waals surface area (Å²) >= 11 is 0. The van der Waals surface area contributed by atoms with E-state index in [9.17, 15) is 0 Å². The fourth-order valence-electron chi connectivity index (χ4n) is 2.09. The molecule has 92 valence electrons. The molecule has 0 saturated carbocycles. The third kappa shape index (κ3) is 2.62. The number of hydrogen-bond donors (Lipinski definition) is 1. The molecule has 0 bridgehead atoms. The Hall–Kier alpha value is -0.870. The van der Waals surface area contributed by atoms with Crippen molar-refractivity contribution in [3.8, 4) is 0 Å². The van der Waals surface area contributed by atoms with Crippen LogP contribution in [0.1, 0.15) is 43.8 Å². The number of hydrogen-bond acceptors (Lipinski definition) is 3. The highest BCUT2D eigenvalue weighted by molar-refractivity contribution is 5.29. The molecule has 2 N–H and O–H groups in total. The largest absolute Gasteiger partial charge is 0.383 e. The van der Waals surface area contributed by atoms with Gasteiger partial charge in [0.15, 0.2) is 0 Å². The molecule has 0 aliphatic rings. The molecule has 1 aromatic heterocycles. The molecule has 1 rings (SSSR count). The molecule has 16 heavy (non-hydrogen) atoms. The Bertz CT molecular complexity index is 331. The highest BCUT2D eigenvalue weighted by atomic mass is 16.5. The predicted octanol–water partition coefficient (Wildman–Crippen LogP) is 1.67. The monoisotopic (exact) mass is 225 g/mol. The summed E-state index contributed by atoms with van der Waals surface area (Å²) < 4.78 is 7.14. The second kappa shape index (κ2) is 6.01. The summed E-state index contributed by atoms with van der Waals surface area (Å²) in [6, 6.07) is 0.0567. The summed E-state index contributed by atoms with van der Waals surface area (Å²) in [5, 5.41) is 4.61. The molecular weight excluding hydrogens is 202 g/mol. The van der Waals surface area contributed by atoms with Gasteiger partial charge >= 0.3 is 0 Å². The molecule has 4 nitrogen and oxygen atoms in total. The fraction of sp³-hybridized carbons (Fsp3) is 0.750. The standard InChI is InChI=1S/C12H23N3O/c1-5-10-12(9(3)13)11(6-2)15(14-10)7-8-16-4/h9H,5-8,13H2,1-4H3. The Morgan fingerprint density at radius 1 is 1.38 bits per heavy atom. The molecule has 1 unspecified atom stereocenters. The first-order chi connectivity index (χ1) is 7.65. The SMILES string of the molecule is CCc1nn(CCOC)c(CC)c1C(C)N. The van der Waals surface area contributed by atoms with Crippen LogP contribution in [0.3, 0.4) is 0 Å². The van der Waals surface area contributed by atoms with E-state index in [2.05, 4.69) is 18.9 Å². The molecule has 0 aromatic carbocycles. The van der Waals surface area contributed by atoms with E-state index in [0.717, 1.165) is 25.1 Å². The second-order valence-corrected chi connectivity index (χ2v) is 4.02. The Balaban J connectivity index is 3.08. The maximum atomic E-state index is 6.02. The van der Waals surface area contributed by atoms with Gasteiger partial charge in [0.1, 0.15) is 0 Å². The first kappa shape index (κ1) is 13.2. The van der Waals surface area contributed by atoms with Crippen LogP contribution in [0.4, 0.5) is 0 Å². The minimum absolute atomic E-state index is 0.0567. The van der Waals surface area contributed by atoms with Gasteiger partial charge < -0.3 is 10.5 Å². The summed E-state index contributed by atoms with van der Waals surface area (Å²) in [4.78, 5) is 0. The zero-order chi connectivity index (χ0) is 12.1. The number of nitrogens with two attached hydrogens (primary N) is 1. The van der Waals surface area contributed by atoms with Gasteiger partial charge in [0, 0.05) is 24.4 Å². The lowest BCUT2D eigenvalue weighted by Crippen LogP contribution is -2.12. The molecule has 0 saturated heterocycles. The van der Waals surface area contributed by atoms with E-state index in [1.54, 1.807) is 7.11 Å². The summed E-state index contributed by atoms with van der Waals surface area (Å²) in [7, 11) is 1.71. The number of rotatable bonds is 6. The minimum Gasteiger partial charge on any atom is -0.383 e. The smallest absolute Gasteiger partial charge is 0.0672 e. The average Bonchev–Trinajstić information content (AvgIpc) is 2.63. The molecule has 0 radical (unpaired) electrons. The van der Waals surface area contributed by atoms with Crippen LogP contribution in [0.5, 0.6) is 0 Å². The predicted molar refractivity (Wildman–Crippen MR) is 65.5 cm³/mol. The second-order valence-electron chi connectivity index (χ2n) is 4.02. The molecule has 0 aliphatic heterocycles. The Morgan fingerprint density at radius 3 is 2.50 bits per heavy atom. The van der Waals surface area contributed by atoms with Crippen molar-refractivity contribution in [3.05, 3.63) is 17.0 Å². The normalized spacial score (nSPS) is 13.1. The van der Waals surface area contributed by atoms with Crippen LogP contribution in [0.25, 0.3) is 0 Å². The van der Waals surface area contributed by atoms with Crippen LogP contribution in [-0.4, -0.2) is 23.5 Å². The molecule has 1 aromatic rings. The van der Waals surface area contributed by atoms with E-state index >= 15 is 0 Å². The van der Waals surface area contributed by atoms with Crippen LogP contribution < -0.4 is 5.73 Å². The van der Waals surface area contributed by atoms with Gasteiger partial charge in [-0.25, -0.2) is 0 Å². The van der Waals surface area contributed by atoms with Crippen molar-refractivity contribution in [2.24, 2.45) is 5.73 Å². The van der Waals surface area contributed by atoms with Crippen molar-refractivity contribution in [1.82, 2.24) is 9.78 Å². The molecule has 0 spiro atoms.